The molecule has 0 aliphatic carbocycles. The van der Waals surface area contributed by atoms with Gasteiger partial charge in [0.25, 0.3) is 0 Å². The van der Waals surface area contributed by atoms with Crippen LogP contribution in [0.1, 0.15) is 74.1 Å². The van der Waals surface area contributed by atoms with Gasteiger partial charge in [0, 0.05) is 6.42 Å². The summed E-state index contributed by atoms with van der Waals surface area (Å²) in [6, 6.07) is -2.35. The molecule has 4 atom stereocenters. The fourth-order valence-corrected chi connectivity index (χ4v) is 3.45. The highest BCUT2D eigenvalue weighted by Crippen LogP contribution is 2.11. The molecule has 10 heteroatoms. The number of aliphatic hydroxyl groups excluding tert-OH is 1. The van der Waals surface area contributed by atoms with Gasteiger partial charge in [0.15, 0.2) is 0 Å². The summed E-state index contributed by atoms with van der Waals surface area (Å²) in [7, 11) is 0. The Morgan fingerprint density at radius 2 is 1.38 bits per heavy atom. The van der Waals surface area contributed by atoms with Crippen LogP contribution >= 0.6 is 0 Å². The van der Waals surface area contributed by atoms with Crippen molar-refractivity contribution in [1.29, 1.82) is 0 Å². The number of quaternary nitrogens is 1. The largest absolute Gasteiger partial charge is 0.466 e. The first-order valence-corrected chi connectivity index (χ1v) is 12.4. The van der Waals surface area contributed by atoms with Crippen LogP contribution in [0.2, 0.25) is 0 Å². The van der Waals surface area contributed by atoms with E-state index in [1.807, 2.05) is 27.7 Å². The van der Waals surface area contributed by atoms with Gasteiger partial charge in [-0.3, -0.25) is 19.2 Å². The number of carbonyl (C=O) groups is 4. The molecule has 3 amide bonds. The van der Waals surface area contributed by atoms with Crippen LogP contribution < -0.4 is 21.7 Å². The number of amides is 3. The molecule has 0 fully saturated rings. The lowest BCUT2D eigenvalue weighted by atomic mass is 9.97. The van der Waals surface area contributed by atoms with E-state index in [1.165, 1.54) is 0 Å². The van der Waals surface area contributed by atoms with E-state index in [4.69, 9.17) is 4.74 Å². The van der Waals surface area contributed by atoms with Crippen molar-refractivity contribution in [3.05, 3.63) is 0 Å². The van der Waals surface area contributed by atoms with Crippen molar-refractivity contribution < 1.29 is 34.8 Å². The molecule has 2 unspecified atom stereocenters. The Morgan fingerprint density at radius 3 is 1.85 bits per heavy atom. The Hall–Kier alpha value is -2.20. The van der Waals surface area contributed by atoms with Crippen LogP contribution in [0.4, 0.5) is 0 Å². The molecular weight excluding hydrogens is 440 g/mol. The molecule has 0 spiro atoms. The number of carbonyl (C=O) groups excluding carboxylic acids is 4. The fraction of sp³-hybridized carbons (Fsp3) is 0.833. The summed E-state index contributed by atoms with van der Waals surface area (Å²) in [5.41, 5.74) is 3.79. The Bertz CT molecular complexity index is 653. The molecule has 10 nitrogen and oxygen atoms in total. The highest BCUT2D eigenvalue weighted by molar-refractivity contribution is 5.92. The normalized spacial score (nSPS) is 14.9. The second kappa shape index (κ2) is 16.4. The van der Waals surface area contributed by atoms with Crippen LogP contribution in [0.3, 0.4) is 0 Å². The first-order chi connectivity index (χ1) is 15.8. The summed E-state index contributed by atoms with van der Waals surface area (Å²) in [5, 5.41) is 18.9. The number of hydrogen-bond donors (Lipinski definition) is 5. The zero-order chi connectivity index (χ0) is 26.4. The van der Waals surface area contributed by atoms with E-state index in [9.17, 15) is 24.3 Å². The summed E-state index contributed by atoms with van der Waals surface area (Å²) in [6.07, 6.45) is -0.00480. The predicted octanol–water partition coefficient (Wildman–Crippen LogP) is 0.135. The van der Waals surface area contributed by atoms with E-state index >= 15 is 0 Å². The van der Waals surface area contributed by atoms with Gasteiger partial charge in [-0.05, 0) is 37.5 Å². The Morgan fingerprint density at radius 1 is 0.853 bits per heavy atom. The van der Waals surface area contributed by atoms with Crippen molar-refractivity contribution in [2.75, 3.05) is 13.2 Å². The molecule has 0 aromatic rings. The lowest BCUT2D eigenvalue weighted by Gasteiger charge is -2.30. The number of hydrogen-bond acceptors (Lipinski definition) is 6. The maximum atomic E-state index is 13.1. The maximum Gasteiger partial charge on any atom is 0.308 e. The van der Waals surface area contributed by atoms with Gasteiger partial charge in [-0.2, -0.15) is 0 Å². The Kier molecular flexibility index (Phi) is 15.4. The molecule has 0 saturated carbocycles. The van der Waals surface area contributed by atoms with Crippen molar-refractivity contribution in [1.82, 2.24) is 16.0 Å². The van der Waals surface area contributed by atoms with Crippen molar-refractivity contribution in [3.8, 4) is 0 Å². The second-order valence-electron chi connectivity index (χ2n) is 9.80. The predicted molar refractivity (Wildman–Crippen MR) is 129 cm³/mol. The van der Waals surface area contributed by atoms with Gasteiger partial charge in [0.2, 0.25) is 17.7 Å². The number of aliphatic hydroxyl groups is 1. The molecule has 198 valence electrons. The van der Waals surface area contributed by atoms with Gasteiger partial charge >= 0.3 is 5.97 Å². The molecule has 0 rings (SSSR count). The zero-order valence-electron chi connectivity index (χ0n) is 22.0. The maximum absolute atomic E-state index is 13.1. The standard InChI is InChI=1S/C24H46N4O6/c1-8-34-20(31)13-18(29)17(10-9-11-25)26-23(32)22(16(6)7)28-24(33)21(15(4)5)27-19(30)12-14(2)3/h14-18,21-22,29H,8-13,25H2,1-7H3,(H,26,32)(H,27,30)(H,28,33)/p+1/t17-,18?,21?,22+/m0/s1. The molecule has 0 heterocycles. The molecule has 0 aliphatic heterocycles. The summed E-state index contributed by atoms with van der Waals surface area (Å²) < 4.78 is 4.90. The molecule has 0 bridgehead atoms. The Labute approximate surface area is 204 Å². The fourth-order valence-electron chi connectivity index (χ4n) is 3.45. The monoisotopic (exact) mass is 487 g/mol. The first kappa shape index (κ1) is 31.8. The van der Waals surface area contributed by atoms with E-state index in [-0.39, 0.29) is 36.7 Å². The van der Waals surface area contributed by atoms with Crippen molar-refractivity contribution in [2.24, 2.45) is 17.8 Å². The van der Waals surface area contributed by atoms with Crippen LogP contribution in [-0.4, -0.2) is 66.2 Å². The van der Waals surface area contributed by atoms with E-state index in [0.29, 0.717) is 25.8 Å². The molecule has 0 radical (unpaired) electrons. The van der Waals surface area contributed by atoms with Crippen molar-refractivity contribution in [2.45, 2.75) is 98.4 Å². The molecule has 0 aliphatic rings. The van der Waals surface area contributed by atoms with Crippen molar-refractivity contribution in [3.63, 3.8) is 0 Å². The van der Waals surface area contributed by atoms with Crippen molar-refractivity contribution >= 4 is 23.7 Å². The van der Waals surface area contributed by atoms with Gasteiger partial charge in [-0.25, -0.2) is 0 Å². The third kappa shape index (κ3) is 12.3. The first-order valence-electron chi connectivity index (χ1n) is 12.4. The summed E-state index contributed by atoms with van der Waals surface area (Å²) >= 11 is 0. The molecule has 7 N–H and O–H groups in total. The van der Waals surface area contributed by atoms with Crippen LogP contribution in [0.25, 0.3) is 0 Å². The SMILES string of the molecule is CCOC(=O)CC(O)[C@H](CCC[NH3+])NC(=O)[C@H](NC(=O)C(NC(=O)CC(C)C)C(C)C)C(C)C. The Balaban J connectivity index is 5.41. The van der Waals surface area contributed by atoms with E-state index in [1.54, 1.807) is 20.8 Å². The minimum Gasteiger partial charge on any atom is -0.466 e. The highest BCUT2D eigenvalue weighted by Gasteiger charge is 2.33. The molecule has 0 saturated heterocycles. The lowest BCUT2D eigenvalue weighted by Crippen LogP contribution is -2.59. The third-order valence-corrected chi connectivity index (χ3v) is 5.34. The number of esters is 1. The van der Waals surface area contributed by atoms with E-state index in [0.717, 1.165) is 0 Å². The van der Waals surface area contributed by atoms with E-state index < -0.39 is 42.0 Å². The summed E-state index contributed by atoms with van der Waals surface area (Å²) in [6.45, 7) is 13.6. The molecule has 0 aromatic carbocycles. The molecule has 34 heavy (non-hydrogen) atoms. The van der Waals surface area contributed by atoms with Crippen LogP contribution in [0.5, 0.6) is 0 Å². The minimum absolute atomic E-state index is 0.154. The zero-order valence-corrected chi connectivity index (χ0v) is 22.0. The van der Waals surface area contributed by atoms with Gasteiger partial charge in [0.05, 0.1) is 31.7 Å². The van der Waals surface area contributed by atoms with Gasteiger partial charge in [-0.1, -0.05) is 41.5 Å². The number of nitrogens with one attached hydrogen (secondary N) is 3. The topological polar surface area (TPSA) is 161 Å². The number of ether oxygens (including phenoxy) is 1. The van der Waals surface area contributed by atoms with Gasteiger partial charge < -0.3 is 31.5 Å². The molecule has 0 aromatic heterocycles. The average molecular weight is 488 g/mol. The van der Waals surface area contributed by atoms with Crippen LogP contribution in [0, 0.1) is 17.8 Å². The van der Waals surface area contributed by atoms with Crippen LogP contribution in [-0.2, 0) is 23.9 Å². The van der Waals surface area contributed by atoms with Gasteiger partial charge in [0.1, 0.15) is 12.1 Å². The number of rotatable bonds is 16. The second-order valence-corrected chi connectivity index (χ2v) is 9.80. The smallest absolute Gasteiger partial charge is 0.308 e. The summed E-state index contributed by atoms with van der Waals surface area (Å²) in [5.74, 6) is -1.94. The lowest BCUT2D eigenvalue weighted by molar-refractivity contribution is -0.368. The summed E-state index contributed by atoms with van der Waals surface area (Å²) in [4.78, 5) is 50.2. The van der Waals surface area contributed by atoms with Crippen LogP contribution in [0.15, 0.2) is 0 Å². The highest BCUT2D eigenvalue weighted by atomic mass is 16.5. The average Bonchev–Trinajstić information content (AvgIpc) is 2.71. The molecular formula is C24H47N4O6+. The van der Waals surface area contributed by atoms with Gasteiger partial charge in [-0.15, -0.1) is 0 Å². The quantitative estimate of drug-likeness (QED) is 0.195. The minimum atomic E-state index is -1.13. The van der Waals surface area contributed by atoms with E-state index in [2.05, 4.69) is 21.7 Å². The third-order valence-electron chi connectivity index (χ3n) is 5.34.